The second-order valence-electron chi connectivity index (χ2n) is 5.93. The van der Waals surface area contributed by atoms with Crippen LogP contribution in [0.4, 0.5) is 4.79 Å². The molecular weight excluding hydrogens is 278 g/mol. The van der Waals surface area contributed by atoms with E-state index >= 15 is 0 Å². The van der Waals surface area contributed by atoms with Crippen LogP contribution >= 0.6 is 0 Å². The Morgan fingerprint density at radius 2 is 1.80 bits per heavy atom. The summed E-state index contributed by atoms with van der Waals surface area (Å²) in [6, 6.07) is -0.182. The number of urea groups is 1. The van der Waals surface area contributed by atoms with Gasteiger partial charge in [-0.3, -0.25) is 0 Å². The Morgan fingerprint density at radius 1 is 1.10 bits per heavy atom. The maximum Gasteiger partial charge on any atom is 0.314 e. The smallest absolute Gasteiger partial charge is 0.314 e. The number of piperidine rings is 1. The van der Waals surface area contributed by atoms with Crippen molar-refractivity contribution < 1.29 is 13.2 Å². The zero-order valence-electron chi connectivity index (χ0n) is 11.9. The Hall–Kier alpha value is -0.820. The summed E-state index contributed by atoms with van der Waals surface area (Å²) in [5.41, 5.74) is 0. The summed E-state index contributed by atoms with van der Waals surface area (Å²) in [5, 5.41) is 8.98. The third-order valence-corrected chi connectivity index (χ3v) is 5.95. The average molecular weight is 303 g/mol. The van der Waals surface area contributed by atoms with E-state index < -0.39 is 9.84 Å². The molecule has 2 unspecified atom stereocenters. The standard InChI is InChI=1S/C13H25N3O3S/c17-13(15-8-11-3-1-5-14-7-11)16-9-12-4-2-6-20(18,19)10-12/h11-12,14H,1-10H2,(H2,15,16,17). The first-order chi connectivity index (χ1) is 9.55. The number of amides is 2. The Bertz CT molecular complexity index is 419. The molecule has 0 aromatic carbocycles. The number of carbonyl (C=O) groups excluding carboxylic acids is 1. The van der Waals surface area contributed by atoms with Gasteiger partial charge in [0, 0.05) is 13.1 Å². The van der Waals surface area contributed by atoms with E-state index in [1.807, 2.05) is 0 Å². The van der Waals surface area contributed by atoms with Crippen molar-refractivity contribution in [2.45, 2.75) is 25.7 Å². The van der Waals surface area contributed by atoms with Gasteiger partial charge in [0.25, 0.3) is 0 Å². The topological polar surface area (TPSA) is 87.3 Å². The molecule has 2 aliphatic heterocycles. The van der Waals surface area contributed by atoms with Gasteiger partial charge in [0.1, 0.15) is 0 Å². The predicted octanol–water partition coefficient (Wildman–Crippen LogP) is 0.110. The zero-order chi connectivity index (χ0) is 14.4. The average Bonchev–Trinajstić information content (AvgIpc) is 2.43. The Balaban J connectivity index is 1.62. The van der Waals surface area contributed by atoms with E-state index in [4.69, 9.17) is 0 Å². The van der Waals surface area contributed by atoms with Crippen molar-refractivity contribution in [3.05, 3.63) is 0 Å². The molecule has 2 saturated heterocycles. The molecule has 116 valence electrons. The lowest BCUT2D eigenvalue weighted by Crippen LogP contribution is -2.44. The predicted molar refractivity (Wildman–Crippen MR) is 78.4 cm³/mol. The molecule has 0 aromatic rings. The van der Waals surface area contributed by atoms with Crippen LogP contribution in [-0.2, 0) is 9.84 Å². The van der Waals surface area contributed by atoms with Crippen LogP contribution in [-0.4, -0.2) is 52.1 Å². The van der Waals surface area contributed by atoms with Gasteiger partial charge in [-0.05, 0) is 50.6 Å². The molecule has 0 bridgehead atoms. The fraction of sp³-hybridized carbons (Fsp3) is 0.923. The van der Waals surface area contributed by atoms with Gasteiger partial charge >= 0.3 is 6.03 Å². The third kappa shape index (κ3) is 5.28. The molecule has 3 N–H and O–H groups in total. The summed E-state index contributed by atoms with van der Waals surface area (Å²) in [7, 11) is -2.89. The largest absolute Gasteiger partial charge is 0.338 e. The Kier molecular flexibility index (Phi) is 5.65. The normalized spacial score (nSPS) is 29.6. The third-order valence-electron chi connectivity index (χ3n) is 4.06. The maximum absolute atomic E-state index is 11.7. The van der Waals surface area contributed by atoms with Gasteiger partial charge in [0.2, 0.25) is 0 Å². The molecule has 2 amide bonds. The molecule has 0 radical (unpaired) electrons. The minimum atomic E-state index is -2.89. The van der Waals surface area contributed by atoms with Crippen LogP contribution in [0, 0.1) is 11.8 Å². The van der Waals surface area contributed by atoms with E-state index in [0.717, 1.165) is 32.4 Å². The molecule has 2 heterocycles. The molecule has 0 spiro atoms. The molecule has 0 saturated carbocycles. The molecule has 2 fully saturated rings. The van der Waals surface area contributed by atoms with Crippen molar-refractivity contribution in [2.24, 2.45) is 11.8 Å². The van der Waals surface area contributed by atoms with Gasteiger partial charge in [-0.1, -0.05) is 0 Å². The highest BCUT2D eigenvalue weighted by Gasteiger charge is 2.25. The molecular formula is C13H25N3O3S. The van der Waals surface area contributed by atoms with Gasteiger partial charge in [0.05, 0.1) is 11.5 Å². The fourth-order valence-corrected chi connectivity index (χ4v) is 4.69. The van der Waals surface area contributed by atoms with Gasteiger partial charge in [-0.25, -0.2) is 13.2 Å². The van der Waals surface area contributed by atoms with E-state index in [2.05, 4.69) is 16.0 Å². The molecule has 0 aromatic heterocycles. The maximum atomic E-state index is 11.7. The van der Waals surface area contributed by atoms with Gasteiger partial charge in [-0.2, -0.15) is 0 Å². The van der Waals surface area contributed by atoms with Crippen molar-refractivity contribution in [2.75, 3.05) is 37.7 Å². The van der Waals surface area contributed by atoms with Crippen LogP contribution in [0.25, 0.3) is 0 Å². The van der Waals surface area contributed by atoms with Crippen LogP contribution in [0.5, 0.6) is 0 Å². The lowest BCUT2D eigenvalue weighted by Gasteiger charge is -2.24. The number of nitrogens with one attached hydrogen (secondary N) is 3. The van der Waals surface area contributed by atoms with E-state index in [-0.39, 0.29) is 17.7 Å². The molecule has 20 heavy (non-hydrogen) atoms. The summed E-state index contributed by atoms with van der Waals surface area (Å²) in [6.07, 6.45) is 3.90. The van der Waals surface area contributed by atoms with Crippen molar-refractivity contribution in [1.29, 1.82) is 0 Å². The van der Waals surface area contributed by atoms with E-state index in [1.54, 1.807) is 0 Å². The van der Waals surface area contributed by atoms with E-state index in [1.165, 1.54) is 0 Å². The molecule has 2 aliphatic rings. The SMILES string of the molecule is O=C(NCC1CCCNC1)NCC1CCCS(=O)(=O)C1. The number of hydrogen-bond donors (Lipinski definition) is 3. The zero-order valence-corrected chi connectivity index (χ0v) is 12.7. The van der Waals surface area contributed by atoms with Crippen molar-refractivity contribution >= 4 is 15.9 Å². The van der Waals surface area contributed by atoms with Gasteiger partial charge < -0.3 is 16.0 Å². The van der Waals surface area contributed by atoms with Crippen molar-refractivity contribution in [3.63, 3.8) is 0 Å². The summed E-state index contributed by atoms with van der Waals surface area (Å²) in [4.78, 5) is 11.7. The van der Waals surface area contributed by atoms with E-state index in [0.29, 0.717) is 31.2 Å². The molecule has 6 nitrogen and oxygen atoms in total. The lowest BCUT2D eigenvalue weighted by atomic mass is 10.00. The highest BCUT2D eigenvalue weighted by molar-refractivity contribution is 7.91. The molecule has 0 aliphatic carbocycles. The Morgan fingerprint density at radius 3 is 2.45 bits per heavy atom. The first-order valence-electron chi connectivity index (χ1n) is 7.48. The lowest BCUT2D eigenvalue weighted by molar-refractivity contribution is 0.235. The van der Waals surface area contributed by atoms with Crippen molar-refractivity contribution in [3.8, 4) is 0 Å². The van der Waals surface area contributed by atoms with E-state index in [9.17, 15) is 13.2 Å². The minimum Gasteiger partial charge on any atom is -0.338 e. The van der Waals surface area contributed by atoms with Crippen LogP contribution in [0.15, 0.2) is 0 Å². The second-order valence-corrected chi connectivity index (χ2v) is 8.15. The van der Waals surface area contributed by atoms with Crippen LogP contribution in [0.1, 0.15) is 25.7 Å². The highest BCUT2D eigenvalue weighted by Crippen LogP contribution is 2.17. The number of rotatable bonds is 4. The monoisotopic (exact) mass is 303 g/mol. The summed E-state index contributed by atoms with van der Waals surface area (Å²) < 4.78 is 23.0. The summed E-state index contributed by atoms with van der Waals surface area (Å²) in [6.45, 7) is 3.16. The van der Waals surface area contributed by atoms with Crippen LogP contribution in [0.3, 0.4) is 0 Å². The summed E-state index contributed by atoms with van der Waals surface area (Å²) >= 11 is 0. The van der Waals surface area contributed by atoms with Gasteiger partial charge in [-0.15, -0.1) is 0 Å². The number of sulfone groups is 1. The number of hydrogen-bond acceptors (Lipinski definition) is 4. The quantitative estimate of drug-likeness (QED) is 0.688. The highest BCUT2D eigenvalue weighted by atomic mass is 32.2. The number of carbonyl (C=O) groups is 1. The molecule has 2 rings (SSSR count). The second kappa shape index (κ2) is 7.26. The molecule has 7 heteroatoms. The first-order valence-corrected chi connectivity index (χ1v) is 9.30. The van der Waals surface area contributed by atoms with Crippen LogP contribution < -0.4 is 16.0 Å². The van der Waals surface area contributed by atoms with Gasteiger partial charge in [0.15, 0.2) is 9.84 Å². The van der Waals surface area contributed by atoms with Crippen molar-refractivity contribution in [1.82, 2.24) is 16.0 Å². The summed E-state index contributed by atoms with van der Waals surface area (Å²) in [5.74, 6) is 1.07. The fourth-order valence-electron chi connectivity index (χ4n) is 2.91. The van der Waals surface area contributed by atoms with Crippen LogP contribution in [0.2, 0.25) is 0 Å². The Labute approximate surface area is 121 Å². The first kappa shape index (κ1) is 15.6. The minimum absolute atomic E-state index is 0.0656. The molecule has 2 atom stereocenters.